The van der Waals surface area contributed by atoms with Crippen LogP contribution in [0.4, 0.5) is 10.1 Å². The van der Waals surface area contributed by atoms with Gasteiger partial charge in [-0.1, -0.05) is 21.1 Å². The fourth-order valence-electron chi connectivity index (χ4n) is 2.76. The molecule has 9 heteroatoms. The van der Waals surface area contributed by atoms with Crippen LogP contribution in [0.25, 0.3) is 22.8 Å². The first-order valence-electron chi connectivity index (χ1n) is 8.84. The second-order valence-corrected chi connectivity index (χ2v) is 7.26. The number of carbonyl (C=O) groups is 1. The Balaban J connectivity index is 1.54. The van der Waals surface area contributed by atoms with Crippen LogP contribution < -0.4 is 10.9 Å². The molecule has 0 saturated carbocycles. The zero-order chi connectivity index (χ0) is 21.1. The molecule has 0 spiro atoms. The van der Waals surface area contributed by atoms with Gasteiger partial charge in [0.05, 0.1) is 0 Å². The average Bonchev–Trinajstić information content (AvgIpc) is 3.22. The first kappa shape index (κ1) is 19.7. The van der Waals surface area contributed by atoms with Crippen LogP contribution in [0.2, 0.25) is 0 Å². The summed E-state index contributed by atoms with van der Waals surface area (Å²) in [6.07, 6.45) is 1.50. The molecular weight excluding hydrogens is 455 g/mol. The molecule has 2 heterocycles. The minimum absolute atomic E-state index is 0.0157. The molecule has 4 rings (SSSR count). The van der Waals surface area contributed by atoms with Crippen molar-refractivity contribution in [3.05, 3.63) is 87.5 Å². The molecule has 0 fully saturated rings. The second kappa shape index (κ2) is 8.42. The monoisotopic (exact) mass is 468 g/mol. The van der Waals surface area contributed by atoms with Gasteiger partial charge in [0.1, 0.15) is 17.9 Å². The van der Waals surface area contributed by atoms with Crippen molar-refractivity contribution >= 4 is 27.5 Å². The lowest BCUT2D eigenvalue weighted by molar-refractivity contribution is -0.116. The standard InChI is InChI=1S/C21H14BrFN4O3/c22-14-5-9-16(10-6-14)24-18(28)12-27-11-1-2-17(21(27)29)20-25-19(26-30-20)13-3-7-15(23)8-4-13/h1-11H,12H2,(H,24,28). The summed E-state index contributed by atoms with van der Waals surface area (Å²) in [4.78, 5) is 29.3. The molecule has 7 nitrogen and oxygen atoms in total. The van der Waals surface area contributed by atoms with E-state index in [0.717, 1.165) is 4.47 Å². The van der Waals surface area contributed by atoms with E-state index >= 15 is 0 Å². The van der Waals surface area contributed by atoms with E-state index < -0.39 is 5.56 Å². The van der Waals surface area contributed by atoms with Gasteiger partial charge >= 0.3 is 0 Å². The predicted molar refractivity (Wildman–Crippen MR) is 112 cm³/mol. The van der Waals surface area contributed by atoms with E-state index in [2.05, 4.69) is 31.4 Å². The number of hydrogen-bond acceptors (Lipinski definition) is 5. The first-order chi connectivity index (χ1) is 14.5. The molecule has 150 valence electrons. The van der Waals surface area contributed by atoms with Gasteiger partial charge in [-0.2, -0.15) is 4.98 Å². The van der Waals surface area contributed by atoms with E-state index in [4.69, 9.17) is 4.52 Å². The molecular formula is C21H14BrFN4O3. The normalized spacial score (nSPS) is 10.7. The van der Waals surface area contributed by atoms with Crippen molar-refractivity contribution in [2.24, 2.45) is 0 Å². The summed E-state index contributed by atoms with van der Waals surface area (Å²) in [5.41, 5.74) is 0.886. The summed E-state index contributed by atoms with van der Waals surface area (Å²) in [6, 6.07) is 15.8. The highest BCUT2D eigenvalue weighted by atomic mass is 79.9. The number of pyridine rings is 1. The number of halogens is 2. The molecule has 0 aliphatic heterocycles. The van der Waals surface area contributed by atoms with Crippen molar-refractivity contribution in [3.63, 3.8) is 0 Å². The van der Waals surface area contributed by atoms with Crippen molar-refractivity contribution in [1.29, 1.82) is 0 Å². The molecule has 30 heavy (non-hydrogen) atoms. The number of rotatable bonds is 5. The SMILES string of the molecule is O=C(Cn1cccc(-c2nc(-c3ccc(F)cc3)no2)c1=O)Nc1ccc(Br)cc1. The van der Waals surface area contributed by atoms with Crippen LogP contribution in [0.1, 0.15) is 0 Å². The van der Waals surface area contributed by atoms with Gasteiger partial charge in [-0.15, -0.1) is 0 Å². The van der Waals surface area contributed by atoms with Gasteiger partial charge in [-0.25, -0.2) is 4.39 Å². The number of nitrogens with one attached hydrogen (secondary N) is 1. The van der Waals surface area contributed by atoms with E-state index in [1.54, 1.807) is 30.3 Å². The molecule has 0 saturated heterocycles. The molecule has 0 radical (unpaired) electrons. The van der Waals surface area contributed by atoms with E-state index in [9.17, 15) is 14.0 Å². The molecule has 1 amide bonds. The maximum Gasteiger partial charge on any atom is 0.263 e. The minimum Gasteiger partial charge on any atom is -0.333 e. The van der Waals surface area contributed by atoms with Crippen LogP contribution in [0, 0.1) is 5.82 Å². The fraction of sp³-hybridized carbons (Fsp3) is 0.0476. The number of hydrogen-bond donors (Lipinski definition) is 1. The Morgan fingerprint density at radius 3 is 2.57 bits per heavy atom. The average molecular weight is 469 g/mol. The van der Waals surface area contributed by atoms with Gasteiger partial charge < -0.3 is 14.4 Å². The Kier molecular flexibility index (Phi) is 5.53. The lowest BCUT2D eigenvalue weighted by Gasteiger charge is -2.08. The van der Waals surface area contributed by atoms with Gasteiger partial charge in [0.15, 0.2) is 0 Å². The Bertz CT molecular complexity index is 1250. The van der Waals surface area contributed by atoms with Gasteiger partial charge in [0.2, 0.25) is 11.7 Å². The first-order valence-corrected chi connectivity index (χ1v) is 9.64. The summed E-state index contributed by atoms with van der Waals surface area (Å²) in [5.74, 6) is -0.487. The van der Waals surface area contributed by atoms with Crippen LogP contribution in [-0.2, 0) is 11.3 Å². The Hall–Kier alpha value is -3.59. The van der Waals surface area contributed by atoms with E-state index in [0.29, 0.717) is 11.3 Å². The van der Waals surface area contributed by atoms with Crippen LogP contribution in [-0.4, -0.2) is 20.6 Å². The van der Waals surface area contributed by atoms with Gasteiger partial charge in [0.25, 0.3) is 11.4 Å². The second-order valence-electron chi connectivity index (χ2n) is 6.34. The molecule has 2 aromatic heterocycles. The zero-order valence-electron chi connectivity index (χ0n) is 15.4. The van der Waals surface area contributed by atoms with Gasteiger partial charge in [-0.3, -0.25) is 9.59 Å². The van der Waals surface area contributed by atoms with Crippen LogP contribution in [0.15, 0.2) is 80.7 Å². The smallest absolute Gasteiger partial charge is 0.263 e. The van der Waals surface area contributed by atoms with E-state index in [-0.39, 0.29) is 35.5 Å². The molecule has 0 atom stereocenters. The number of amides is 1. The molecule has 0 aliphatic rings. The maximum atomic E-state index is 13.1. The van der Waals surface area contributed by atoms with Crippen molar-refractivity contribution in [3.8, 4) is 22.8 Å². The molecule has 0 unspecified atom stereocenters. The predicted octanol–water partition coefficient (Wildman–Crippen LogP) is 4.11. The molecule has 0 bridgehead atoms. The van der Waals surface area contributed by atoms with Gasteiger partial charge in [0, 0.05) is 21.9 Å². The van der Waals surface area contributed by atoms with Crippen molar-refractivity contribution in [2.75, 3.05) is 5.32 Å². The van der Waals surface area contributed by atoms with Crippen molar-refractivity contribution in [2.45, 2.75) is 6.54 Å². The Labute approximate surface area is 178 Å². The zero-order valence-corrected chi connectivity index (χ0v) is 17.0. The lowest BCUT2D eigenvalue weighted by Crippen LogP contribution is -2.28. The lowest BCUT2D eigenvalue weighted by atomic mass is 10.2. The molecule has 1 N–H and O–H groups in total. The summed E-state index contributed by atoms with van der Waals surface area (Å²) in [6.45, 7) is -0.179. The fourth-order valence-corrected chi connectivity index (χ4v) is 3.03. The van der Waals surface area contributed by atoms with Gasteiger partial charge in [-0.05, 0) is 60.7 Å². The number of carbonyl (C=O) groups excluding carboxylic acids is 1. The summed E-state index contributed by atoms with van der Waals surface area (Å²) >= 11 is 3.33. The molecule has 2 aromatic carbocycles. The highest BCUT2D eigenvalue weighted by Crippen LogP contribution is 2.20. The van der Waals surface area contributed by atoms with E-state index in [1.807, 2.05) is 0 Å². The Morgan fingerprint density at radius 2 is 1.83 bits per heavy atom. The summed E-state index contributed by atoms with van der Waals surface area (Å²) < 4.78 is 20.4. The van der Waals surface area contributed by atoms with E-state index in [1.165, 1.54) is 41.1 Å². The molecule has 4 aromatic rings. The van der Waals surface area contributed by atoms with Crippen LogP contribution >= 0.6 is 15.9 Å². The van der Waals surface area contributed by atoms with Crippen LogP contribution in [0.5, 0.6) is 0 Å². The third-order valence-corrected chi connectivity index (χ3v) is 4.75. The third-order valence-electron chi connectivity index (χ3n) is 4.22. The Morgan fingerprint density at radius 1 is 1.10 bits per heavy atom. The van der Waals surface area contributed by atoms with Crippen molar-refractivity contribution in [1.82, 2.24) is 14.7 Å². The summed E-state index contributed by atoms with van der Waals surface area (Å²) in [7, 11) is 0. The number of anilines is 1. The minimum atomic E-state index is -0.447. The maximum absolute atomic E-state index is 13.1. The van der Waals surface area contributed by atoms with Crippen LogP contribution in [0.3, 0.4) is 0 Å². The third kappa shape index (κ3) is 4.36. The summed E-state index contributed by atoms with van der Waals surface area (Å²) in [5, 5.41) is 6.58. The number of benzene rings is 2. The number of aromatic nitrogens is 3. The quantitative estimate of drug-likeness (QED) is 0.475. The number of nitrogens with zero attached hydrogens (tertiary/aromatic N) is 3. The largest absolute Gasteiger partial charge is 0.333 e. The molecule has 0 aliphatic carbocycles. The highest BCUT2D eigenvalue weighted by Gasteiger charge is 2.16. The highest BCUT2D eigenvalue weighted by molar-refractivity contribution is 9.10. The van der Waals surface area contributed by atoms with Crippen molar-refractivity contribution < 1.29 is 13.7 Å². The topological polar surface area (TPSA) is 90.0 Å².